The van der Waals surface area contributed by atoms with Crippen LogP contribution in [0.25, 0.3) is 0 Å². The average Bonchev–Trinajstić information content (AvgIpc) is 3.50. The van der Waals surface area contributed by atoms with Gasteiger partial charge in [-0.1, -0.05) is 41.4 Å². The number of benzene rings is 2. The number of thioether (sulfide) groups is 1. The zero-order valence-corrected chi connectivity index (χ0v) is 21.2. The number of ether oxygens (including phenoxy) is 2. The second-order valence-electron chi connectivity index (χ2n) is 8.83. The van der Waals surface area contributed by atoms with Crippen LogP contribution in [0.15, 0.2) is 55.1 Å². The van der Waals surface area contributed by atoms with Crippen LogP contribution in [0.1, 0.15) is 24.0 Å². The Labute approximate surface area is 214 Å². The zero-order valence-electron chi connectivity index (χ0n) is 18.9. The topological polar surface area (TPSA) is 52.4 Å². The molecule has 2 aliphatic rings. The first kappa shape index (κ1) is 23.9. The monoisotopic (exact) mass is 518 g/mol. The maximum atomic E-state index is 6.63. The number of hydrogen-bond donors (Lipinski definition) is 0. The van der Waals surface area contributed by atoms with Crippen LogP contribution in [-0.2, 0) is 23.4 Å². The molecule has 2 unspecified atom stereocenters. The molecule has 3 heterocycles. The fourth-order valence-electron chi connectivity index (χ4n) is 4.68. The normalized spacial score (nSPS) is 23.3. The van der Waals surface area contributed by atoms with Crippen molar-refractivity contribution in [2.24, 2.45) is 0 Å². The molecule has 2 aromatic carbocycles. The van der Waals surface area contributed by atoms with Crippen LogP contribution >= 0.6 is 35.0 Å². The van der Waals surface area contributed by atoms with E-state index in [1.807, 2.05) is 23.9 Å². The van der Waals surface area contributed by atoms with Gasteiger partial charge in [-0.3, -0.25) is 4.90 Å². The SMILES string of the molecule is Clc1ccc(C2(Cn3cncn3)CCC(COc3ccc(CN4CCSCC4)cc3)O2)c(Cl)c1. The van der Waals surface area contributed by atoms with E-state index in [4.69, 9.17) is 32.7 Å². The summed E-state index contributed by atoms with van der Waals surface area (Å²) in [5.74, 6) is 3.31. The van der Waals surface area contributed by atoms with Crippen LogP contribution in [0.3, 0.4) is 0 Å². The van der Waals surface area contributed by atoms with Crippen molar-refractivity contribution in [2.75, 3.05) is 31.2 Å². The van der Waals surface area contributed by atoms with Gasteiger partial charge in [-0.2, -0.15) is 16.9 Å². The van der Waals surface area contributed by atoms with E-state index in [0.29, 0.717) is 23.2 Å². The number of aromatic nitrogens is 3. The average molecular weight is 519 g/mol. The third-order valence-electron chi connectivity index (χ3n) is 6.44. The minimum atomic E-state index is -0.611. The quantitative estimate of drug-likeness (QED) is 0.403. The van der Waals surface area contributed by atoms with Crippen molar-refractivity contribution < 1.29 is 9.47 Å². The first-order chi connectivity index (χ1) is 16.6. The first-order valence-corrected chi connectivity index (χ1v) is 13.5. The van der Waals surface area contributed by atoms with E-state index in [0.717, 1.165) is 43.8 Å². The third-order valence-corrected chi connectivity index (χ3v) is 7.93. The molecule has 0 saturated carbocycles. The van der Waals surface area contributed by atoms with Gasteiger partial charge in [0.05, 0.1) is 12.6 Å². The van der Waals surface area contributed by atoms with Gasteiger partial charge in [0, 0.05) is 46.7 Å². The van der Waals surface area contributed by atoms with Gasteiger partial charge >= 0.3 is 0 Å². The Hall–Kier alpha value is -1.77. The zero-order chi connectivity index (χ0) is 23.4. The van der Waals surface area contributed by atoms with E-state index in [9.17, 15) is 0 Å². The number of halogens is 2. The van der Waals surface area contributed by atoms with Gasteiger partial charge in [-0.15, -0.1) is 0 Å². The number of hydrogen-bond acceptors (Lipinski definition) is 6. The lowest BCUT2D eigenvalue weighted by Gasteiger charge is -2.31. The molecule has 0 radical (unpaired) electrons. The maximum absolute atomic E-state index is 6.63. The Bertz CT molecular complexity index is 1080. The molecule has 2 saturated heterocycles. The van der Waals surface area contributed by atoms with Crippen molar-refractivity contribution >= 4 is 35.0 Å². The standard InChI is InChI=1S/C25H28Cl2N4O2S/c26-20-3-6-23(24(27)13-20)25(16-31-18-28-17-29-31)8-7-22(33-25)15-32-21-4-1-19(2-5-21)14-30-9-11-34-12-10-30/h1-6,13,17-18,22H,7-12,14-16H2. The Morgan fingerprint density at radius 1 is 1.12 bits per heavy atom. The highest BCUT2D eigenvalue weighted by molar-refractivity contribution is 7.99. The molecule has 5 rings (SSSR count). The van der Waals surface area contributed by atoms with Crippen LogP contribution in [0.4, 0.5) is 0 Å². The Morgan fingerprint density at radius 3 is 2.68 bits per heavy atom. The lowest BCUT2D eigenvalue weighted by atomic mass is 9.90. The lowest BCUT2D eigenvalue weighted by molar-refractivity contribution is -0.0715. The second kappa shape index (κ2) is 10.9. The van der Waals surface area contributed by atoms with Crippen LogP contribution in [0, 0.1) is 0 Å². The molecule has 0 bridgehead atoms. The lowest BCUT2D eigenvalue weighted by Crippen LogP contribution is -2.34. The molecule has 34 heavy (non-hydrogen) atoms. The molecule has 0 N–H and O–H groups in total. The van der Waals surface area contributed by atoms with Gasteiger partial charge in [0.1, 0.15) is 30.6 Å². The molecule has 2 aliphatic heterocycles. The van der Waals surface area contributed by atoms with Gasteiger partial charge < -0.3 is 9.47 Å². The predicted molar refractivity (Wildman–Crippen MR) is 137 cm³/mol. The molecule has 9 heteroatoms. The molecule has 3 aromatic rings. The highest BCUT2D eigenvalue weighted by atomic mass is 35.5. The van der Waals surface area contributed by atoms with Gasteiger partial charge in [-0.05, 0) is 42.7 Å². The molecular weight excluding hydrogens is 491 g/mol. The van der Waals surface area contributed by atoms with Crippen molar-refractivity contribution in [1.29, 1.82) is 0 Å². The Balaban J connectivity index is 1.23. The Morgan fingerprint density at radius 2 is 1.94 bits per heavy atom. The minimum Gasteiger partial charge on any atom is -0.491 e. The van der Waals surface area contributed by atoms with E-state index in [-0.39, 0.29) is 6.10 Å². The second-order valence-corrected chi connectivity index (χ2v) is 10.9. The summed E-state index contributed by atoms with van der Waals surface area (Å²) in [4.78, 5) is 6.59. The third kappa shape index (κ3) is 5.71. The van der Waals surface area contributed by atoms with Crippen LogP contribution in [0.2, 0.25) is 10.0 Å². The van der Waals surface area contributed by atoms with Crippen LogP contribution < -0.4 is 4.74 Å². The first-order valence-electron chi connectivity index (χ1n) is 11.6. The minimum absolute atomic E-state index is 0.0548. The van der Waals surface area contributed by atoms with Crippen LogP contribution in [-0.4, -0.2) is 57.0 Å². The van der Waals surface area contributed by atoms with Crippen LogP contribution in [0.5, 0.6) is 5.75 Å². The molecule has 1 aromatic heterocycles. The fourth-order valence-corrected chi connectivity index (χ4v) is 6.24. The summed E-state index contributed by atoms with van der Waals surface area (Å²) in [6, 6.07) is 14.0. The van der Waals surface area contributed by atoms with Crippen molar-refractivity contribution in [3.63, 3.8) is 0 Å². The summed E-state index contributed by atoms with van der Waals surface area (Å²) in [6.07, 6.45) is 4.83. The van der Waals surface area contributed by atoms with E-state index in [1.54, 1.807) is 17.1 Å². The van der Waals surface area contributed by atoms with E-state index >= 15 is 0 Å². The summed E-state index contributed by atoms with van der Waals surface area (Å²) >= 11 is 14.8. The summed E-state index contributed by atoms with van der Waals surface area (Å²) in [7, 11) is 0. The highest BCUT2D eigenvalue weighted by Gasteiger charge is 2.44. The van der Waals surface area contributed by atoms with Crippen molar-refractivity contribution in [3.05, 3.63) is 76.3 Å². The molecule has 6 nitrogen and oxygen atoms in total. The van der Waals surface area contributed by atoms with Crippen molar-refractivity contribution in [1.82, 2.24) is 19.7 Å². The summed E-state index contributed by atoms with van der Waals surface area (Å²) in [5, 5.41) is 5.48. The fraction of sp³-hybridized carbons (Fsp3) is 0.440. The Kier molecular flexibility index (Phi) is 7.66. The summed E-state index contributed by atoms with van der Waals surface area (Å²) in [5.41, 5.74) is 1.62. The molecule has 180 valence electrons. The van der Waals surface area contributed by atoms with E-state index < -0.39 is 5.60 Å². The number of nitrogens with zero attached hydrogens (tertiary/aromatic N) is 4. The van der Waals surface area contributed by atoms with Gasteiger partial charge in [0.15, 0.2) is 0 Å². The van der Waals surface area contributed by atoms with Gasteiger partial charge in [0.2, 0.25) is 0 Å². The summed E-state index contributed by atoms with van der Waals surface area (Å²) < 4.78 is 14.5. The largest absolute Gasteiger partial charge is 0.491 e. The van der Waals surface area contributed by atoms with Crippen molar-refractivity contribution in [3.8, 4) is 5.75 Å². The summed E-state index contributed by atoms with van der Waals surface area (Å²) in [6.45, 7) is 4.33. The molecular formula is C25H28Cl2N4O2S. The molecule has 0 spiro atoms. The molecule has 0 amide bonds. The molecule has 0 aliphatic carbocycles. The van der Waals surface area contributed by atoms with Crippen molar-refractivity contribution in [2.45, 2.75) is 37.6 Å². The van der Waals surface area contributed by atoms with E-state index in [1.165, 1.54) is 23.4 Å². The predicted octanol–water partition coefficient (Wildman–Crippen LogP) is 5.29. The highest BCUT2D eigenvalue weighted by Crippen LogP contribution is 2.44. The van der Waals surface area contributed by atoms with Gasteiger partial charge in [-0.25, -0.2) is 9.67 Å². The maximum Gasteiger partial charge on any atom is 0.137 e. The van der Waals surface area contributed by atoms with E-state index in [2.05, 4.69) is 39.2 Å². The smallest absolute Gasteiger partial charge is 0.137 e. The molecule has 2 fully saturated rings. The van der Waals surface area contributed by atoms with Gasteiger partial charge in [0.25, 0.3) is 0 Å². The molecule has 2 atom stereocenters. The number of rotatable bonds is 8.